The SMILES string of the molecule is CN1CCCC(NCC2CCCC2O)CC1. The van der Waals surface area contributed by atoms with Crippen molar-refractivity contribution >= 4 is 0 Å². The van der Waals surface area contributed by atoms with Crippen LogP contribution in [-0.2, 0) is 0 Å². The van der Waals surface area contributed by atoms with E-state index in [4.69, 9.17) is 0 Å². The Hall–Kier alpha value is -0.120. The topological polar surface area (TPSA) is 35.5 Å². The fourth-order valence-corrected chi connectivity index (χ4v) is 3.02. The smallest absolute Gasteiger partial charge is 0.0580 e. The van der Waals surface area contributed by atoms with Crippen molar-refractivity contribution in [1.29, 1.82) is 0 Å². The number of hydrogen-bond donors (Lipinski definition) is 2. The highest BCUT2D eigenvalue weighted by Gasteiger charge is 2.25. The molecule has 0 spiro atoms. The lowest BCUT2D eigenvalue weighted by molar-refractivity contribution is 0.129. The highest BCUT2D eigenvalue weighted by molar-refractivity contribution is 4.81. The number of nitrogens with one attached hydrogen (secondary N) is 1. The van der Waals surface area contributed by atoms with E-state index in [9.17, 15) is 5.11 Å². The quantitative estimate of drug-likeness (QED) is 0.759. The summed E-state index contributed by atoms with van der Waals surface area (Å²) in [5.41, 5.74) is 0. The van der Waals surface area contributed by atoms with E-state index in [-0.39, 0.29) is 6.10 Å². The van der Waals surface area contributed by atoms with Gasteiger partial charge in [0.1, 0.15) is 0 Å². The summed E-state index contributed by atoms with van der Waals surface area (Å²) >= 11 is 0. The zero-order valence-electron chi connectivity index (χ0n) is 10.5. The minimum atomic E-state index is -0.0408. The second-order valence-corrected chi connectivity index (χ2v) is 5.60. The molecule has 2 N–H and O–H groups in total. The summed E-state index contributed by atoms with van der Waals surface area (Å²) in [5, 5.41) is 13.4. The summed E-state index contributed by atoms with van der Waals surface area (Å²) in [6.45, 7) is 3.48. The van der Waals surface area contributed by atoms with Gasteiger partial charge in [0.15, 0.2) is 0 Å². The van der Waals surface area contributed by atoms with Crippen LogP contribution in [0.4, 0.5) is 0 Å². The van der Waals surface area contributed by atoms with Gasteiger partial charge in [-0.2, -0.15) is 0 Å². The van der Waals surface area contributed by atoms with E-state index in [1.807, 2.05) is 0 Å². The third-order valence-corrected chi connectivity index (χ3v) is 4.24. The molecule has 16 heavy (non-hydrogen) atoms. The van der Waals surface area contributed by atoms with Crippen LogP contribution in [0.1, 0.15) is 38.5 Å². The van der Waals surface area contributed by atoms with Crippen molar-refractivity contribution in [3.8, 4) is 0 Å². The maximum Gasteiger partial charge on any atom is 0.0580 e. The second-order valence-electron chi connectivity index (χ2n) is 5.60. The average molecular weight is 226 g/mol. The Labute approximate surface area is 99.2 Å². The largest absolute Gasteiger partial charge is 0.393 e. The molecule has 0 aromatic carbocycles. The van der Waals surface area contributed by atoms with Gasteiger partial charge in [-0.25, -0.2) is 0 Å². The van der Waals surface area contributed by atoms with Gasteiger partial charge in [0, 0.05) is 12.6 Å². The van der Waals surface area contributed by atoms with E-state index >= 15 is 0 Å². The first-order chi connectivity index (χ1) is 7.75. The van der Waals surface area contributed by atoms with Crippen molar-refractivity contribution in [1.82, 2.24) is 10.2 Å². The van der Waals surface area contributed by atoms with Crippen molar-refractivity contribution in [3.05, 3.63) is 0 Å². The maximum absolute atomic E-state index is 9.77. The van der Waals surface area contributed by atoms with Gasteiger partial charge in [-0.05, 0) is 58.2 Å². The van der Waals surface area contributed by atoms with E-state index < -0.39 is 0 Å². The van der Waals surface area contributed by atoms with Crippen molar-refractivity contribution in [3.63, 3.8) is 0 Å². The third kappa shape index (κ3) is 3.44. The van der Waals surface area contributed by atoms with Crippen LogP contribution in [0, 0.1) is 5.92 Å². The molecule has 2 rings (SSSR count). The van der Waals surface area contributed by atoms with E-state index in [1.54, 1.807) is 0 Å². The highest BCUT2D eigenvalue weighted by Crippen LogP contribution is 2.25. The highest BCUT2D eigenvalue weighted by atomic mass is 16.3. The summed E-state index contributed by atoms with van der Waals surface area (Å²) in [6.07, 6.45) is 7.26. The molecule has 3 nitrogen and oxygen atoms in total. The summed E-state index contributed by atoms with van der Waals surface area (Å²) in [5.74, 6) is 0.515. The van der Waals surface area contributed by atoms with Gasteiger partial charge in [-0.3, -0.25) is 0 Å². The summed E-state index contributed by atoms with van der Waals surface area (Å²) < 4.78 is 0. The Bertz CT molecular complexity index is 210. The average Bonchev–Trinajstić information content (AvgIpc) is 2.55. The van der Waals surface area contributed by atoms with Crippen molar-refractivity contribution in [2.24, 2.45) is 5.92 Å². The molecule has 1 saturated heterocycles. The number of rotatable bonds is 3. The third-order valence-electron chi connectivity index (χ3n) is 4.24. The van der Waals surface area contributed by atoms with E-state index in [0.717, 1.165) is 13.0 Å². The first-order valence-corrected chi connectivity index (χ1v) is 6.85. The van der Waals surface area contributed by atoms with Gasteiger partial charge in [-0.1, -0.05) is 6.42 Å². The molecule has 2 fully saturated rings. The van der Waals surface area contributed by atoms with Crippen LogP contribution in [0.5, 0.6) is 0 Å². The molecule has 94 valence electrons. The summed E-state index contributed by atoms with van der Waals surface area (Å²) in [7, 11) is 2.21. The molecule has 1 saturated carbocycles. The maximum atomic E-state index is 9.77. The number of aliphatic hydroxyl groups is 1. The monoisotopic (exact) mass is 226 g/mol. The van der Waals surface area contributed by atoms with Gasteiger partial charge in [0.2, 0.25) is 0 Å². The Morgan fingerprint density at radius 1 is 1.12 bits per heavy atom. The Kier molecular flexibility index (Phi) is 4.62. The van der Waals surface area contributed by atoms with Crippen LogP contribution < -0.4 is 5.32 Å². The molecule has 0 aromatic rings. The standard InChI is InChI=1S/C13H26N2O/c1-15-8-3-5-12(7-9-15)14-10-11-4-2-6-13(11)16/h11-14,16H,2-10H2,1H3. The van der Waals surface area contributed by atoms with Gasteiger partial charge in [0.25, 0.3) is 0 Å². The van der Waals surface area contributed by atoms with Crippen LogP contribution in [0.3, 0.4) is 0 Å². The van der Waals surface area contributed by atoms with Gasteiger partial charge < -0.3 is 15.3 Å². The molecule has 3 heteroatoms. The van der Waals surface area contributed by atoms with Crippen LogP contribution in [0.25, 0.3) is 0 Å². The van der Waals surface area contributed by atoms with Gasteiger partial charge in [-0.15, -0.1) is 0 Å². The van der Waals surface area contributed by atoms with Crippen molar-refractivity contribution in [2.45, 2.75) is 50.7 Å². The number of aliphatic hydroxyl groups excluding tert-OH is 1. The predicted octanol–water partition coefficient (Wildman–Crippen LogP) is 1.22. The zero-order valence-corrected chi connectivity index (χ0v) is 10.5. The Morgan fingerprint density at radius 3 is 2.75 bits per heavy atom. The Morgan fingerprint density at radius 2 is 2.00 bits per heavy atom. The lowest BCUT2D eigenvalue weighted by Crippen LogP contribution is -2.36. The Balaban J connectivity index is 1.68. The predicted molar refractivity (Wildman–Crippen MR) is 66.5 cm³/mol. The van der Waals surface area contributed by atoms with E-state index in [0.29, 0.717) is 12.0 Å². The van der Waals surface area contributed by atoms with Gasteiger partial charge in [0.05, 0.1) is 6.10 Å². The molecule has 0 radical (unpaired) electrons. The minimum Gasteiger partial charge on any atom is -0.393 e. The molecule has 3 unspecified atom stereocenters. The van der Waals surface area contributed by atoms with Crippen LogP contribution in [0.2, 0.25) is 0 Å². The lowest BCUT2D eigenvalue weighted by atomic mass is 10.0. The molecule has 0 bridgehead atoms. The molecule has 1 aliphatic carbocycles. The molecule has 0 aromatic heterocycles. The second kappa shape index (κ2) is 5.99. The number of hydrogen-bond acceptors (Lipinski definition) is 3. The number of likely N-dealkylation sites (tertiary alicyclic amines) is 1. The summed E-state index contributed by atoms with van der Waals surface area (Å²) in [6, 6.07) is 0.678. The van der Waals surface area contributed by atoms with Crippen LogP contribution in [-0.4, -0.2) is 48.8 Å². The molecule has 1 heterocycles. The number of nitrogens with zero attached hydrogens (tertiary/aromatic N) is 1. The minimum absolute atomic E-state index is 0.0408. The molecular weight excluding hydrogens is 200 g/mol. The first-order valence-electron chi connectivity index (χ1n) is 6.85. The lowest BCUT2D eigenvalue weighted by Gasteiger charge is -2.21. The normalized spacial score (nSPS) is 37.5. The molecule has 2 aliphatic rings. The van der Waals surface area contributed by atoms with Crippen LogP contribution in [0.15, 0.2) is 0 Å². The zero-order chi connectivity index (χ0) is 11.4. The van der Waals surface area contributed by atoms with Gasteiger partial charge >= 0.3 is 0 Å². The molecule has 3 atom stereocenters. The molecular formula is C13H26N2O. The van der Waals surface area contributed by atoms with Crippen LogP contribution >= 0.6 is 0 Å². The fourth-order valence-electron chi connectivity index (χ4n) is 3.02. The fraction of sp³-hybridized carbons (Fsp3) is 1.00. The molecule has 0 amide bonds. The van der Waals surface area contributed by atoms with Crippen molar-refractivity contribution < 1.29 is 5.11 Å². The van der Waals surface area contributed by atoms with E-state index in [1.165, 1.54) is 45.2 Å². The molecule has 1 aliphatic heterocycles. The van der Waals surface area contributed by atoms with Crippen molar-refractivity contribution in [2.75, 3.05) is 26.7 Å². The van der Waals surface area contributed by atoms with E-state index in [2.05, 4.69) is 17.3 Å². The first kappa shape index (κ1) is 12.3. The summed E-state index contributed by atoms with van der Waals surface area (Å²) in [4.78, 5) is 2.42.